The Bertz CT molecular complexity index is 717. The van der Waals surface area contributed by atoms with Crippen molar-refractivity contribution in [1.82, 2.24) is 25.0 Å². The van der Waals surface area contributed by atoms with Gasteiger partial charge in [0.05, 0.1) is 19.7 Å². The Morgan fingerprint density at radius 3 is 2.89 bits per heavy atom. The van der Waals surface area contributed by atoms with Gasteiger partial charge >= 0.3 is 0 Å². The summed E-state index contributed by atoms with van der Waals surface area (Å²) in [7, 11) is 2.06. The number of hydrogen-bond acceptors (Lipinski definition) is 4. The Kier molecular flexibility index (Phi) is 9.69. The lowest BCUT2D eigenvalue weighted by Gasteiger charge is -2.22. The molecule has 154 valence electrons. The number of nitrogens with zero attached hydrogens (tertiary/aromatic N) is 5. The monoisotopic (exact) mass is 498 g/mol. The van der Waals surface area contributed by atoms with Crippen LogP contribution in [0.25, 0.3) is 0 Å². The number of guanidine groups is 1. The molecule has 1 aliphatic rings. The van der Waals surface area contributed by atoms with Gasteiger partial charge in [-0.1, -0.05) is 24.3 Å². The maximum absolute atomic E-state index is 5.75. The Hall–Kier alpha value is -1.68. The summed E-state index contributed by atoms with van der Waals surface area (Å²) in [6, 6.07) is 8.45. The zero-order valence-corrected chi connectivity index (χ0v) is 19.1. The first-order valence-electron chi connectivity index (χ1n) is 9.72. The average Bonchev–Trinajstić information content (AvgIpc) is 3.37. The van der Waals surface area contributed by atoms with E-state index in [-0.39, 0.29) is 24.0 Å². The molecule has 0 atom stereocenters. The summed E-state index contributed by atoms with van der Waals surface area (Å²) < 4.78 is 7.57. The van der Waals surface area contributed by atoms with E-state index in [1.54, 1.807) is 12.7 Å². The summed E-state index contributed by atoms with van der Waals surface area (Å²) in [6.45, 7) is 6.77. The molecule has 0 saturated heterocycles. The molecule has 0 radical (unpaired) electrons. The van der Waals surface area contributed by atoms with Crippen LogP contribution in [-0.4, -0.2) is 59.0 Å². The number of ether oxygens (including phenoxy) is 1. The number of halogens is 1. The van der Waals surface area contributed by atoms with Crippen molar-refractivity contribution in [2.24, 2.45) is 10.9 Å². The Balaban J connectivity index is 0.00000280. The summed E-state index contributed by atoms with van der Waals surface area (Å²) in [5.41, 5.74) is 2.38. The summed E-state index contributed by atoms with van der Waals surface area (Å²) in [4.78, 5) is 10.9. The van der Waals surface area contributed by atoms with E-state index in [1.165, 1.54) is 24.0 Å². The van der Waals surface area contributed by atoms with Crippen molar-refractivity contribution in [1.29, 1.82) is 0 Å². The number of hydrogen-bond donors (Lipinski definition) is 1. The molecule has 0 unspecified atom stereocenters. The molecule has 1 N–H and O–H groups in total. The lowest BCUT2D eigenvalue weighted by molar-refractivity contribution is 0.115. The van der Waals surface area contributed by atoms with Crippen molar-refractivity contribution in [3.63, 3.8) is 0 Å². The normalized spacial score (nSPS) is 13.9. The average molecular weight is 498 g/mol. The smallest absolute Gasteiger partial charge is 0.194 e. The van der Waals surface area contributed by atoms with E-state index in [0.29, 0.717) is 6.54 Å². The van der Waals surface area contributed by atoms with Crippen LogP contribution < -0.4 is 5.32 Å². The van der Waals surface area contributed by atoms with E-state index >= 15 is 0 Å². The molecule has 0 spiro atoms. The minimum absolute atomic E-state index is 0. The topological polar surface area (TPSA) is 67.6 Å². The number of benzene rings is 1. The van der Waals surface area contributed by atoms with Gasteiger partial charge in [-0.2, -0.15) is 5.10 Å². The van der Waals surface area contributed by atoms with Gasteiger partial charge in [0.2, 0.25) is 0 Å². The Labute approximate surface area is 184 Å². The summed E-state index contributed by atoms with van der Waals surface area (Å²) in [6.07, 6.45) is 5.95. The largest absolute Gasteiger partial charge is 0.379 e. The maximum Gasteiger partial charge on any atom is 0.194 e. The molecular weight excluding hydrogens is 467 g/mol. The van der Waals surface area contributed by atoms with Gasteiger partial charge in [-0.25, -0.2) is 14.7 Å². The van der Waals surface area contributed by atoms with Crippen LogP contribution in [0.4, 0.5) is 0 Å². The van der Waals surface area contributed by atoms with Crippen LogP contribution in [0.1, 0.15) is 30.9 Å². The fourth-order valence-corrected chi connectivity index (χ4v) is 2.81. The molecule has 0 amide bonds. The van der Waals surface area contributed by atoms with Gasteiger partial charge in [-0.05, 0) is 36.8 Å². The molecule has 7 nitrogen and oxygen atoms in total. The molecule has 8 heteroatoms. The second-order valence-electron chi connectivity index (χ2n) is 7.02. The molecule has 1 aliphatic carbocycles. The fourth-order valence-electron chi connectivity index (χ4n) is 2.81. The molecule has 3 rings (SSSR count). The van der Waals surface area contributed by atoms with Crippen LogP contribution >= 0.6 is 24.0 Å². The van der Waals surface area contributed by atoms with Crippen molar-refractivity contribution in [2.45, 2.75) is 32.9 Å². The summed E-state index contributed by atoms with van der Waals surface area (Å²) >= 11 is 0. The van der Waals surface area contributed by atoms with E-state index in [9.17, 15) is 0 Å². The first-order chi connectivity index (χ1) is 13.2. The molecule has 1 fully saturated rings. The minimum atomic E-state index is 0. The molecule has 1 aromatic carbocycles. The molecule has 2 aromatic rings. The lowest BCUT2D eigenvalue weighted by Crippen LogP contribution is -2.40. The standard InChI is InChI=1S/C20H30N6O.HI/c1-3-22-20(25(2)9-10-27-14-17-7-8-17)23-12-18-5-4-6-19(11-18)13-26-16-21-15-24-26;/h4-6,11,15-17H,3,7-10,12-14H2,1-2H3,(H,22,23);1H. The molecular formula is C20H31IN6O. The van der Waals surface area contributed by atoms with Crippen molar-refractivity contribution in [3.05, 3.63) is 48.0 Å². The quantitative estimate of drug-likeness (QED) is 0.236. The second kappa shape index (κ2) is 12.0. The molecule has 28 heavy (non-hydrogen) atoms. The maximum atomic E-state index is 5.75. The highest BCUT2D eigenvalue weighted by Gasteiger charge is 2.21. The molecule has 1 heterocycles. The molecule has 0 bridgehead atoms. The summed E-state index contributed by atoms with van der Waals surface area (Å²) in [5, 5.41) is 7.53. The number of aromatic nitrogens is 3. The van der Waals surface area contributed by atoms with Crippen molar-refractivity contribution in [3.8, 4) is 0 Å². The second-order valence-corrected chi connectivity index (χ2v) is 7.02. The van der Waals surface area contributed by atoms with Crippen LogP contribution in [0.15, 0.2) is 41.9 Å². The van der Waals surface area contributed by atoms with E-state index in [1.807, 2.05) is 4.68 Å². The van der Waals surface area contributed by atoms with E-state index < -0.39 is 0 Å². The third-order valence-electron chi connectivity index (χ3n) is 4.53. The third kappa shape index (κ3) is 7.75. The SMILES string of the molecule is CCNC(=NCc1cccc(Cn2cncn2)c1)N(C)CCOCC1CC1.I. The summed E-state index contributed by atoms with van der Waals surface area (Å²) in [5.74, 6) is 1.72. The van der Waals surface area contributed by atoms with E-state index in [4.69, 9.17) is 9.73 Å². The van der Waals surface area contributed by atoms with E-state index in [0.717, 1.165) is 44.7 Å². The van der Waals surface area contributed by atoms with Crippen LogP contribution in [0, 0.1) is 5.92 Å². The molecule has 1 aromatic heterocycles. The number of likely N-dealkylation sites (N-methyl/N-ethyl adjacent to an activating group) is 1. The van der Waals surface area contributed by atoms with E-state index in [2.05, 4.69) is 58.5 Å². The first-order valence-corrected chi connectivity index (χ1v) is 9.72. The number of aliphatic imine (C=N–C) groups is 1. The predicted molar refractivity (Wildman–Crippen MR) is 122 cm³/mol. The lowest BCUT2D eigenvalue weighted by atomic mass is 10.1. The van der Waals surface area contributed by atoms with Gasteiger partial charge < -0.3 is 15.0 Å². The van der Waals surface area contributed by atoms with Gasteiger partial charge in [0.25, 0.3) is 0 Å². The fraction of sp³-hybridized carbons (Fsp3) is 0.550. The highest BCUT2D eigenvalue weighted by molar-refractivity contribution is 14.0. The Morgan fingerprint density at radius 1 is 1.36 bits per heavy atom. The van der Waals surface area contributed by atoms with Crippen LogP contribution in [0.3, 0.4) is 0 Å². The number of rotatable bonds is 10. The van der Waals surface area contributed by atoms with Gasteiger partial charge in [-0.3, -0.25) is 0 Å². The van der Waals surface area contributed by atoms with Crippen LogP contribution in [0.5, 0.6) is 0 Å². The highest BCUT2D eigenvalue weighted by atomic mass is 127. The number of nitrogens with one attached hydrogen (secondary N) is 1. The molecule has 1 saturated carbocycles. The predicted octanol–water partition coefficient (Wildman–Crippen LogP) is 2.77. The first kappa shape index (κ1) is 22.6. The zero-order chi connectivity index (χ0) is 18.9. The third-order valence-corrected chi connectivity index (χ3v) is 4.53. The Morgan fingerprint density at radius 2 is 2.18 bits per heavy atom. The van der Waals surface area contributed by atoms with Crippen molar-refractivity contribution >= 4 is 29.9 Å². The van der Waals surface area contributed by atoms with Gasteiger partial charge in [0.15, 0.2) is 5.96 Å². The van der Waals surface area contributed by atoms with Crippen LogP contribution in [0.2, 0.25) is 0 Å². The highest BCUT2D eigenvalue weighted by Crippen LogP contribution is 2.28. The van der Waals surface area contributed by atoms with Gasteiger partial charge in [-0.15, -0.1) is 24.0 Å². The van der Waals surface area contributed by atoms with Gasteiger partial charge in [0, 0.05) is 26.7 Å². The molecule has 0 aliphatic heterocycles. The zero-order valence-electron chi connectivity index (χ0n) is 16.8. The van der Waals surface area contributed by atoms with Crippen molar-refractivity contribution in [2.75, 3.05) is 33.4 Å². The van der Waals surface area contributed by atoms with Crippen molar-refractivity contribution < 1.29 is 4.74 Å². The van der Waals surface area contributed by atoms with Gasteiger partial charge in [0.1, 0.15) is 12.7 Å². The van der Waals surface area contributed by atoms with Crippen LogP contribution in [-0.2, 0) is 17.8 Å². The minimum Gasteiger partial charge on any atom is -0.379 e.